The van der Waals surface area contributed by atoms with Crippen LogP contribution < -0.4 is 0 Å². The van der Waals surface area contributed by atoms with Gasteiger partial charge >= 0.3 is 0 Å². The average Bonchev–Trinajstić information content (AvgIpc) is 2.29. The molecule has 0 aliphatic heterocycles. The molecule has 0 saturated carbocycles. The van der Waals surface area contributed by atoms with Gasteiger partial charge in [0, 0.05) is 0 Å². The molecule has 0 aliphatic carbocycles. The largest absolute Gasteiger partial charge is 0.0845 e. The third-order valence-electron chi connectivity index (χ3n) is 2.31. The Morgan fingerprint density at radius 3 is 2.53 bits per heavy atom. The van der Waals surface area contributed by atoms with E-state index < -0.39 is 0 Å². The van der Waals surface area contributed by atoms with E-state index in [1.807, 2.05) is 6.07 Å². The molecule has 1 aromatic carbocycles. The van der Waals surface area contributed by atoms with E-state index in [0.29, 0.717) is 0 Å². The lowest BCUT2D eigenvalue weighted by Gasteiger charge is -1.90. The first-order valence-corrected chi connectivity index (χ1v) is 5.81. The Kier molecular flexibility index (Phi) is 6.31. The number of unbranched alkanes of at least 4 members (excludes halogenated alkanes) is 3. The van der Waals surface area contributed by atoms with E-state index in [4.69, 9.17) is 0 Å². The highest BCUT2D eigenvalue weighted by atomic mass is 13.9. The van der Waals surface area contributed by atoms with Gasteiger partial charge in [0.25, 0.3) is 0 Å². The van der Waals surface area contributed by atoms with Crippen LogP contribution in [0.15, 0.2) is 48.6 Å². The van der Waals surface area contributed by atoms with Crippen molar-refractivity contribution in [2.45, 2.75) is 32.6 Å². The highest BCUT2D eigenvalue weighted by Crippen LogP contribution is 2.02. The number of hydrogen-bond donors (Lipinski definition) is 0. The first-order valence-electron chi connectivity index (χ1n) is 5.81. The summed E-state index contributed by atoms with van der Waals surface area (Å²) in [5.74, 6) is 0. The molecular weight excluding hydrogens is 180 g/mol. The van der Waals surface area contributed by atoms with Gasteiger partial charge in [0.2, 0.25) is 0 Å². The molecule has 0 fully saturated rings. The third-order valence-corrected chi connectivity index (χ3v) is 2.31. The van der Waals surface area contributed by atoms with Gasteiger partial charge in [0.1, 0.15) is 0 Å². The molecular formula is C15H20. The number of rotatable bonds is 6. The van der Waals surface area contributed by atoms with Crippen LogP contribution in [0.3, 0.4) is 0 Å². The Balaban J connectivity index is 2.22. The standard InChI is InChI=1S/C15H20/c1-2-3-4-5-6-7-9-12-15-13-10-8-11-14-15/h6-14H,2-5H2,1H3/b7-6-,12-9-. The molecule has 0 aliphatic rings. The van der Waals surface area contributed by atoms with Crippen molar-refractivity contribution in [3.8, 4) is 0 Å². The lowest BCUT2D eigenvalue weighted by Crippen LogP contribution is -1.70. The van der Waals surface area contributed by atoms with E-state index >= 15 is 0 Å². The van der Waals surface area contributed by atoms with Gasteiger partial charge in [-0.2, -0.15) is 0 Å². The molecule has 15 heavy (non-hydrogen) atoms. The highest BCUT2D eigenvalue weighted by molar-refractivity contribution is 5.50. The van der Waals surface area contributed by atoms with Crippen molar-refractivity contribution in [3.05, 3.63) is 54.1 Å². The molecule has 0 radical (unpaired) electrons. The SMILES string of the molecule is CCCCC/C=C\C=C/c1ccccc1. The Hall–Kier alpha value is -1.30. The molecule has 1 aromatic rings. The predicted molar refractivity (Wildman–Crippen MR) is 68.8 cm³/mol. The van der Waals surface area contributed by atoms with E-state index in [0.717, 1.165) is 0 Å². The zero-order chi connectivity index (χ0) is 10.8. The van der Waals surface area contributed by atoms with Crippen LogP contribution in [0, 0.1) is 0 Å². The summed E-state index contributed by atoms with van der Waals surface area (Å²) >= 11 is 0. The van der Waals surface area contributed by atoms with Crippen molar-refractivity contribution >= 4 is 6.08 Å². The molecule has 0 nitrogen and oxygen atoms in total. The molecule has 0 atom stereocenters. The quantitative estimate of drug-likeness (QED) is 0.455. The molecule has 0 aromatic heterocycles. The van der Waals surface area contributed by atoms with Crippen LogP contribution in [0.1, 0.15) is 38.2 Å². The van der Waals surface area contributed by atoms with Crippen LogP contribution in [0.5, 0.6) is 0 Å². The fraction of sp³-hybridized carbons (Fsp3) is 0.333. The third kappa shape index (κ3) is 5.90. The molecule has 0 bridgehead atoms. The van der Waals surface area contributed by atoms with Crippen LogP contribution in [0.4, 0.5) is 0 Å². The van der Waals surface area contributed by atoms with Crippen LogP contribution in [-0.4, -0.2) is 0 Å². The van der Waals surface area contributed by atoms with Gasteiger partial charge in [0.15, 0.2) is 0 Å². The second kappa shape index (κ2) is 8.05. The average molecular weight is 200 g/mol. The summed E-state index contributed by atoms with van der Waals surface area (Å²) in [7, 11) is 0. The summed E-state index contributed by atoms with van der Waals surface area (Å²) in [6.07, 6.45) is 13.8. The summed E-state index contributed by atoms with van der Waals surface area (Å²) in [4.78, 5) is 0. The summed E-state index contributed by atoms with van der Waals surface area (Å²) in [6, 6.07) is 10.4. The number of allylic oxidation sites excluding steroid dienone is 3. The summed E-state index contributed by atoms with van der Waals surface area (Å²) in [6.45, 7) is 2.24. The first-order chi connectivity index (χ1) is 7.43. The predicted octanol–water partition coefficient (Wildman–Crippen LogP) is 4.84. The van der Waals surface area contributed by atoms with Crippen molar-refractivity contribution < 1.29 is 0 Å². The van der Waals surface area contributed by atoms with Crippen molar-refractivity contribution in [3.63, 3.8) is 0 Å². The van der Waals surface area contributed by atoms with E-state index in [2.05, 4.69) is 55.5 Å². The van der Waals surface area contributed by atoms with Crippen LogP contribution in [-0.2, 0) is 0 Å². The van der Waals surface area contributed by atoms with Gasteiger partial charge < -0.3 is 0 Å². The minimum absolute atomic E-state index is 1.20. The van der Waals surface area contributed by atoms with E-state index in [9.17, 15) is 0 Å². The van der Waals surface area contributed by atoms with Gasteiger partial charge in [-0.25, -0.2) is 0 Å². The van der Waals surface area contributed by atoms with Crippen molar-refractivity contribution in [2.75, 3.05) is 0 Å². The molecule has 0 N–H and O–H groups in total. The molecule has 0 saturated heterocycles. The molecule has 0 heteroatoms. The lowest BCUT2D eigenvalue weighted by molar-refractivity contribution is 0.729. The fourth-order valence-corrected chi connectivity index (χ4v) is 1.42. The Bertz CT molecular complexity index is 293. The van der Waals surface area contributed by atoms with Gasteiger partial charge in [0.05, 0.1) is 0 Å². The Morgan fingerprint density at radius 1 is 1.00 bits per heavy atom. The van der Waals surface area contributed by atoms with Crippen LogP contribution in [0.25, 0.3) is 6.08 Å². The summed E-state index contributed by atoms with van der Waals surface area (Å²) in [5, 5.41) is 0. The van der Waals surface area contributed by atoms with Gasteiger partial charge in [-0.05, 0) is 18.4 Å². The normalized spacial score (nSPS) is 11.5. The van der Waals surface area contributed by atoms with Gasteiger partial charge in [-0.15, -0.1) is 0 Å². The van der Waals surface area contributed by atoms with Gasteiger partial charge in [-0.1, -0.05) is 74.4 Å². The first kappa shape index (κ1) is 11.8. The zero-order valence-electron chi connectivity index (χ0n) is 9.52. The summed E-state index contributed by atoms with van der Waals surface area (Å²) in [5.41, 5.74) is 1.26. The smallest absolute Gasteiger partial charge is 0.0257 e. The van der Waals surface area contributed by atoms with Crippen LogP contribution >= 0.6 is 0 Å². The van der Waals surface area contributed by atoms with Crippen molar-refractivity contribution in [2.24, 2.45) is 0 Å². The highest BCUT2D eigenvalue weighted by Gasteiger charge is 1.81. The molecule has 0 unspecified atom stereocenters. The monoisotopic (exact) mass is 200 g/mol. The lowest BCUT2D eigenvalue weighted by atomic mass is 10.2. The molecule has 0 heterocycles. The zero-order valence-corrected chi connectivity index (χ0v) is 9.52. The summed E-state index contributed by atoms with van der Waals surface area (Å²) < 4.78 is 0. The topological polar surface area (TPSA) is 0 Å². The van der Waals surface area contributed by atoms with Gasteiger partial charge in [-0.3, -0.25) is 0 Å². The van der Waals surface area contributed by atoms with E-state index in [-0.39, 0.29) is 0 Å². The van der Waals surface area contributed by atoms with E-state index in [1.54, 1.807) is 0 Å². The Morgan fingerprint density at radius 2 is 1.80 bits per heavy atom. The van der Waals surface area contributed by atoms with Crippen molar-refractivity contribution in [1.82, 2.24) is 0 Å². The molecule has 0 amide bonds. The fourth-order valence-electron chi connectivity index (χ4n) is 1.42. The number of benzene rings is 1. The second-order valence-electron chi connectivity index (χ2n) is 3.69. The second-order valence-corrected chi connectivity index (χ2v) is 3.69. The Labute approximate surface area is 93.3 Å². The molecule has 1 rings (SSSR count). The molecule has 0 spiro atoms. The maximum atomic E-state index is 2.25. The maximum absolute atomic E-state index is 2.25. The maximum Gasteiger partial charge on any atom is -0.0257 e. The molecule has 80 valence electrons. The minimum atomic E-state index is 1.20. The van der Waals surface area contributed by atoms with Crippen LogP contribution in [0.2, 0.25) is 0 Å². The van der Waals surface area contributed by atoms with E-state index in [1.165, 1.54) is 31.2 Å². The number of hydrogen-bond acceptors (Lipinski definition) is 0. The minimum Gasteiger partial charge on any atom is -0.0845 e. The van der Waals surface area contributed by atoms with Crippen molar-refractivity contribution in [1.29, 1.82) is 0 Å².